The second kappa shape index (κ2) is 9.07. The minimum atomic E-state index is -1.18. The molecule has 10 heteroatoms. The second-order valence-corrected chi connectivity index (χ2v) is 6.45. The molecule has 0 aliphatic heterocycles. The molecule has 0 bridgehead atoms. The first kappa shape index (κ1) is 21.0. The summed E-state index contributed by atoms with van der Waals surface area (Å²) in [4.78, 5) is 42.1. The number of imidazole rings is 1. The van der Waals surface area contributed by atoms with Gasteiger partial charge in [0.25, 0.3) is 5.56 Å². The smallest absolute Gasteiger partial charge is 0.339 e. The maximum atomic E-state index is 13.0. The maximum absolute atomic E-state index is 13.0. The Labute approximate surface area is 156 Å². The zero-order valence-corrected chi connectivity index (χ0v) is 15.9. The summed E-state index contributed by atoms with van der Waals surface area (Å²) in [5, 5.41) is 21.5. The fraction of sp³-hybridized carbons (Fsp3) is 0.647. The third kappa shape index (κ3) is 4.18. The van der Waals surface area contributed by atoms with Crippen LogP contribution in [0.25, 0.3) is 11.2 Å². The highest BCUT2D eigenvalue weighted by Gasteiger charge is 2.23. The molecule has 10 nitrogen and oxygen atoms in total. The van der Waals surface area contributed by atoms with E-state index in [0.717, 1.165) is 12.8 Å². The summed E-state index contributed by atoms with van der Waals surface area (Å²) >= 11 is 0. The largest absolute Gasteiger partial charge is 0.392 e. The van der Waals surface area contributed by atoms with Crippen molar-refractivity contribution in [2.45, 2.75) is 58.3 Å². The highest BCUT2D eigenvalue weighted by atomic mass is 16.3. The van der Waals surface area contributed by atoms with E-state index >= 15 is 0 Å². The van der Waals surface area contributed by atoms with Crippen molar-refractivity contribution >= 4 is 17.1 Å². The van der Waals surface area contributed by atoms with Gasteiger partial charge in [0, 0.05) is 13.5 Å². The molecule has 2 atom stereocenters. The van der Waals surface area contributed by atoms with Crippen molar-refractivity contribution in [3.63, 3.8) is 0 Å². The minimum absolute atomic E-state index is 0.0884. The van der Waals surface area contributed by atoms with Crippen molar-refractivity contribution in [2.24, 2.45) is 7.05 Å². The Morgan fingerprint density at radius 2 is 2.00 bits per heavy atom. The molecule has 2 unspecified atom stereocenters. The molecule has 2 heterocycles. The number of hydrogen-bond acceptors (Lipinski definition) is 7. The van der Waals surface area contributed by atoms with E-state index in [2.05, 4.69) is 10.3 Å². The van der Waals surface area contributed by atoms with Crippen molar-refractivity contribution in [3.8, 4) is 0 Å². The molecule has 0 spiro atoms. The lowest BCUT2D eigenvalue weighted by molar-refractivity contribution is 0.0482. The van der Waals surface area contributed by atoms with Crippen LogP contribution in [0.5, 0.6) is 0 Å². The topological polar surface area (TPSA) is 131 Å². The SMILES string of the molecule is CCCCCC(=O)n1c(=O)c2c(ncn2C(CC)NC(O)CO)n(C)c1=O. The number of carbonyl (C=O) groups excluding carboxylic acids is 1. The van der Waals surface area contributed by atoms with E-state index in [-0.39, 0.29) is 17.6 Å². The van der Waals surface area contributed by atoms with Gasteiger partial charge in [-0.05, 0) is 12.8 Å². The van der Waals surface area contributed by atoms with Gasteiger partial charge in [0.15, 0.2) is 11.2 Å². The molecular weight excluding hydrogens is 354 g/mol. The molecule has 150 valence electrons. The van der Waals surface area contributed by atoms with Gasteiger partial charge >= 0.3 is 5.69 Å². The Morgan fingerprint density at radius 3 is 2.59 bits per heavy atom. The zero-order chi connectivity index (χ0) is 20.1. The van der Waals surface area contributed by atoms with E-state index in [0.29, 0.717) is 17.4 Å². The highest BCUT2D eigenvalue weighted by molar-refractivity contribution is 5.81. The molecule has 0 saturated heterocycles. The first-order valence-electron chi connectivity index (χ1n) is 9.14. The summed E-state index contributed by atoms with van der Waals surface area (Å²) in [6.45, 7) is 3.32. The van der Waals surface area contributed by atoms with E-state index in [9.17, 15) is 19.5 Å². The van der Waals surface area contributed by atoms with Crippen molar-refractivity contribution in [1.82, 2.24) is 24.0 Å². The van der Waals surface area contributed by atoms with Crippen LogP contribution < -0.4 is 16.6 Å². The molecule has 0 fully saturated rings. The van der Waals surface area contributed by atoms with Gasteiger partial charge in [0.05, 0.1) is 19.1 Å². The van der Waals surface area contributed by atoms with E-state index in [4.69, 9.17) is 5.11 Å². The highest BCUT2D eigenvalue weighted by Crippen LogP contribution is 2.15. The van der Waals surface area contributed by atoms with Crippen LogP contribution in [0, 0.1) is 0 Å². The van der Waals surface area contributed by atoms with Crippen LogP contribution in [0.15, 0.2) is 15.9 Å². The van der Waals surface area contributed by atoms with Gasteiger partial charge in [-0.3, -0.25) is 19.5 Å². The molecule has 0 saturated carbocycles. The Kier molecular flexibility index (Phi) is 7.05. The minimum Gasteiger partial charge on any atom is -0.392 e. The Morgan fingerprint density at radius 1 is 1.30 bits per heavy atom. The molecule has 0 aliphatic carbocycles. The van der Waals surface area contributed by atoms with E-state index in [1.807, 2.05) is 13.8 Å². The van der Waals surface area contributed by atoms with Crippen molar-refractivity contribution in [2.75, 3.05) is 6.61 Å². The molecule has 27 heavy (non-hydrogen) atoms. The number of fused-ring (bicyclic) bond motifs is 1. The average Bonchev–Trinajstić information content (AvgIpc) is 3.09. The predicted molar refractivity (Wildman–Crippen MR) is 99.6 cm³/mol. The van der Waals surface area contributed by atoms with Gasteiger partial charge in [-0.2, -0.15) is 4.57 Å². The lowest BCUT2D eigenvalue weighted by Crippen LogP contribution is -2.44. The van der Waals surface area contributed by atoms with Crippen LogP contribution in [0.4, 0.5) is 0 Å². The number of nitrogens with one attached hydrogen (secondary N) is 1. The van der Waals surface area contributed by atoms with E-state index < -0.39 is 36.2 Å². The number of carbonyl (C=O) groups is 1. The molecule has 0 aliphatic rings. The van der Waals surface area contributed by atoms with Crippen LogP contribution in [-0.4, -0.2) is 47.6 Å². The van der Waals surface area contributed by atoms with Crippen molar-refractivity contribution in [3.05, 3.63) is 27.2 Å². The number of aryl methyl sites for hydroxylation is 1. The first-order valence-corrected chi connectivity index (χ1v) is 9.14. The van der Waals surface area contributed by atoms with Crippen molar-refractivity contribution in [1.29, 1.82) is 0 Å². The van der Waals surface area contributed by atoms with Crippen LogP contribution in [0.1, 0.15) is 56.9 Å². The number of unbranched alkanes of at least 4 members (excludes halogenated alkanes) is 2. The van der Waals surface area contributed by atoms with Gasteiger partial charge in [0.1, 0.15) is 6.23 Å². The molecular formula is C17H27N5O5. The third-order valence-corrected chi connectivity index (χ3v) is 4.50. The molecule has 0 amide bonds. The van der Waals surface area contributed by atoms with Gasteiger partial charge in [-0.15, -0.1) is 0 Å². The van der Waals surface area contributed by atoms with Gasteiger partial charge in [-0.1, -0.05) is 26.7 Å². The molecule has 2 aromatic heterocycles. The summed E-state index contributed by atoms with van der Waals surface area (Å²) in [6.07, 6.45) is 2.58. The average molecular weight is 381 g/mol. The van der Waals surface area contributed by atoms with E-state index in [1.54, 1.807) is 0 Å². The summed E-state index contributed by atoms with van der Waals surface area (Å²) in [7, 11) is 1.45. The lowest BCUT2D eigenvalue weighted by Gasteiger charge is -2.22. The quantitative estimate of drug-likeness (QED) is 0.409. The Balaban J connectivity index is 2.59. The monoisotopic (exact) mass is 381 g/mol. The molecule has 2 aromatic rings. The standard InChI is InChI=1S/C17H27N5O5/c1-4-6-7-8-13(25)22-16(26)14-15(20(3)17(22)27)18-10-21(14)11(5-2)19-12(24)9-23/h10-12,19,23-24H,4-9H2,1-3H3. The summed E-state index contributed by atoms with van der Waals surface area (Å²) < 4.78 is 3.30. The maximum Gasteiger partial charge on any atom is 0.339 e. The predicted octanol–water partition coefficient (Wildman–Crippen LogP) is -0.0739. The second-order valence-electron chi connectivity index (χ2n) is 6.45. The number of aromatic nitrogens is 4. The summed E-state index contributed by atoms with van der Waals surface area (Å²) in [5.74, 6) is -0.542. The summed E-state index contributed by atoms with van der Waals surface area (Å²) in [5.41, 5.74) is -1.21. The fourth-order valence-electron chi connectivity index (χ4n) is 3.00. The number of aliphatic hydroxyl groups is 2. The van der Waals surface area contributed by atoms with E-state index in [1.165, 1.54) is 22.5 Å². The zero-order valence-electron chi connectivity index (χ0n) is 15.9. The Hall–Kier alpha value is -2.30. The van der Waals surface area contributed by atoms with Crippen LogP contribution in [0.2, 0.25) is 0 Å². The molecule has 0 aromatic carbocycles. The number of hydrogen-bond donors (Lipinski definition) is 3. The Bertz CT molecular complexity index is 913. The number of nitrogens with zero attached hydrogens (tertiary/aromatic N) is 4. The first-order chi connectivity index (χ1) is 12.9. The third-order valence-electron chi connectivity index (χ3n) is 4.50. The normalized spacial score (nSPS) is 13.8. The molecule has 3 N–H and O–H groups in total. The van der Waals surface area contributed by atoms with Crippen LogP contribution in [-0.2, 0) is 7.05 Å². The van der Waals surface area contributed by atoms with Crippen LogP contribution >= 0.6 is 0 Å². The summed E-state index contributed by atoms with van der Waals surface area (Å²) in [6, 6.07) is 0. The van der Waals surface area contributed by atoms with Crippen molar-refractivity contribution < 1.29 is 15.0 Å². The number of aliphatic hydroxyl groups excluding tert-OH is 2. The van der Waals surface area contributed by atoms with Gasteiger partial charge in [0.2, 0.25) is 5.91 Å². The molecule has 2 rings (SSSR count). The molecule has 0 radical (unpaired) electrons. The number of rotatable bonds is 9. The fourth-order valence-corrected chi connectivity index (χ4v) is 3.00. The lowest BCUT2D eigenvalue weighted by atomic mass is 10.2. The van der Waals surface area contributed by atoms with Gasteiger partial charge in [-0.25, -0.2) is 9.78 Å². The van der Waals surface area contributed by atoms with Crippen LogP contribution in [0.3, 0.4) is 0 Å². The van der Waals surface area contributed by atoms with Gasteiger partial charge < -0.3 is 14.8 Å².